The summed E-state index contributed by atoms with van der Waals surface area (Å²) in [6.45, 7) is 1.95. The second-order valence-corrected chi connectivity index (χ2v) is 3.35. The van der Waals surface area contributed by atoms with Crippen molar-refractivity contribution in [3.8, 4) is 0 Å². The number of aromatic nitrogens is 1. The molecule has 0 aliphatic carbocycles. The predicted molar refractivity (Wildman–Crippen MR) is 63.0 cm³/mol. The van der Waals surface area contributed by atoms with Gasteiger partial charge in [-0.3, -0.25) is 0 Å². The number of thiol groups is 2. The summed E-state index contributed by atoms with van der Waals surface area (Å²) in [7, 11) is 0. The van der Waals surface area contributed by atoms with Gasteiger partial charge >= 0.3 is 87.7 Å². The molecular formula is C8H7BN2S2. The van der Waals surface area contributed by atoms with Crippen molar-refractivity contribution in [3.63, 3.8) is 0 Å². The second-order valence-electron chi connectivity index (χ2n) is 2.64. The Kier molecular flexibility index (Phi) is 2.46. The van der Waals surface area contributed by atoms with Crippen molar-refractivity contribution in [2.75, 3.05) is 4.72 Å². The van der Waals surface area contributed by atoms with Gasteiger partial charge in [-0.05, 0) is 0 Å². The van der Waals surface area contributed by atoms with Crippen molar-refractivity contribution in [2.24, 2.45) is 0 Å². The van der Waals surface area contributed by atoms with E-state index in [1.807, 2.05) is 24.9 Å². The van der Waals surface area contributed by atoms with Crippen molar-refractivity contribution in [3.05, 3.63) is 24.2 Å². The molecule has 0 aromatic carbocycles. The summed E-state index contributed by atoms with van der Waals surface area (Å²) in [6.07, 6.45) is 1.74. The molecule has 0 atom stereocenters. The molecule has 0 unspecified atom stereocenters. The first-order valence-corrected chi connectivity index (χ1v) is 4.69. The quantitative estimate of drug-likeness (QED) is 0.623. The van der Waals surface area contributed by atoms with Gasteiger partial charge in [0.25, 0.3) is 0 Å². The molecule has 13 heavy (non-hydrogen) atoms. The average Bonchev–Trinajstić information content (AvgIpc) is 2.18. The molecule has 2 aromatic rings. The van der Waals surface area contributed by atoms with Crippen LogP contribution in [0.15, 0.2) is 29.1 Å². The molecule has 2 rings (SSSR count). The van der Waals surface area contributed by atoms with E-state index in [0.29, 0.717) is 0 Å². The number of fused-ring (bicyclic) bond motifs is 1. The maximum absolute atomic E-state index is 4.36. The van der Waals surface area contributed by atoms with Gasteiger partial charge in [0, 0.05) is 0 Å². The van der Waals surface area contributed by atoms with Crippen LogP contribution in [-0.4, -0.2) is 11.9 Å². The summed E-state index contributed by atoms with van der Waals surface area (Å²) in [6, 6.07) is 1.94. The van der Waals surface area contributed by atoms with Gasteiger partial charge in [0.05, 0.1) is 0 Å². The van der Waals surface area contributed by atoms with Gasteiger partial charge in [-0.25, -0.2) is 0 Å². The van der Waals surface area contributed by atoms with Crippen LogP contribution in [-0.2, 0) is 0 Å². The third-order valence-electron chi connectivity index (χ3n) is 1.89. The van der Waals surface area contributed by atoms with Gasteiger partial charge in [-0.1, -0.05) is 0 Å². The Hall–Kier alpha value is -0.675. The number of anilines is 1. The van der Waals surface area contributed by atoms with Crippen LogP contribution in [0.4, 0.5) is 5.82 Å². The molecule has 1 N–H and O–H groups in total. The molecule has 0 aliphatic rings. The SMILES string of the molecule is SNc1nccc2c(S)cbcc12. The zero-order valence-corrected chi connectivity index (χ0v) is 8.52. The Morgan fingerprint density at radius 3 is 2.92 bits per heavy atom. The minimum atomic E-state index is 0.761. The Labute approximate surface area is 87.9 Å². The molecule has 0 saturated carbocycles. The second kappa shape index (κ2) is 3.60. The van der Waals surface area contributed by atoms with E-state index in [1.54, 1.807) is 6.20 Å². The summed E-state index contributed by atoms with van der Waals surface area (Å²) in [5.74, 6) is 4.70. The standard InChI is InChI=1S/C8H7BN2S2/c12-7-4-9-3-6-5(7)1-2-10-8(6)11-13/h1-4,12-13H,(H,10,11). The number of rotatable bonds is 1. The Bertz CT molecular complexity index is 447. The van der Waals surface area contributed by atoms with Gasteiger partial charge in [0.2, 0.25) is 0 Å². The van der Waals surface area contributed by atoms with Crippen LogP contribution in [0.1, 0.15) is 0 Å². The normalized spacial score (nSPS) is 10.0. The summed E-state index contributed by atoms with van der Waals surface area (Å²) >= 11 is 8.34. The van der Waals surface area contributed by atoms with Crippen LogP contribution in [0.2, 0.25) is 0 Å². The first kappa shape index (κ1) is 8.90. The molecule has 0 aliphatic heterocycles. The van der Waals surface area contributed by atoms with Gasteiger partial charge in [-0.2, -0.15) is 0 Å². The van der Waals surface area contributed by atoms with E-state index in [1.165, 1.54) is 0 Å². The number of hydrogen-bond donors (Lipinski definition) is 3. The molecule has 2 heterocycles. The van der Waals surface area contributed by atoms with Crippen molar-refractivity contribution < 1.29 is 0 Å². The molecule has 0 radical (unpaired) electrons. The van der Waals surface area contributed by atoms with Crippen molar-refractivity contribution >= 4 is 48.9 Å². The fourth-order valence-corrected chi connectivity index (χ4v) is 1.74. The third-order valence-corrected chi connectivity index (χ3v) is 2.49. The van der Waals surface area contributed by atoms with Crippen LogP contribution < -0.4 is 4.72 Å². The molecule has 0 spiro atoms. The topological polar surface area (TPSA) is 24.9 Å². The van der Waals surface area contributed by atoms with Crippen LogP contribution >= 0.6 is 25.4 Å². The van der Waals surface area contributed by atoms with E-state index in [9.17, 15) is 0 Å². The Morgan fingerprint density at radius 1 is 1.31 bits per heavy atom. The maximum atomic E-state index is 4.36. The van der Waals surface area contributed by atoms with Crippen molar-refractivity contribution in [1.29, 1.82) is 0 Å². The fraction of sp³-hybridized carbons (Fsp3) is 0. The first-order valence-electron chi connectivity index (χ1n) is 3.80. The Balaban J connectivity index is 2.84. The van der Waals surface area contributed by atoms with Gasteiger partial charge < -0.3 is 0 Å². The van der Waals surface area contributed by atoms with Gasteiger partial charge in [-0.15, -0.1) is 0 Å². The van der Waals surface area contributed by atoms with Crippen LogP contribution in [0.25, 0.3) is 10.8 Å². The van der Waals surface area contributed by atoms with Crippen molar-refractivity contribution in [2.45, 2.75) is 4.90 Å². The fourth-order valence-electron chi connectivity index (χ4n) is 1.28. The monoisotopic (exact) mass is 206 g/mol. The van der Waals surface area contributed by atoms with Crippen molar-refractivity contribution in [1.82, 2.24) is 4.98 Å². The predicted octanol–water partition coefficient (Wildman–Crippen LogP) is 2.12. The van der Waals surface area contributed by atoms with Crippen LogP contribution in [0, 0.1) is 0 Å². The molecule has 0 amide bonds. The first-order chi connectivity index (χ1) is 6.33. The third kappa shape index (κ3) is 1.54. The zero-order valence-electron chi connectivity index (χ0n) is 6.73. The minimum absolute atomic E-state index is 0.761. The van der Waals surface area contributed by atoms with E-state index >= 15 is 0 Å². The molecule has 64 valence electrons. The van der Waals surface area contributed by atoms with Gasteiger partial charge in [0.15, 0.2) is 0 Å². The molecule has 0 bridgehead atoms. The van der Waals surface area contributed by atoms with E-state index in [0.717, 1.165) is 21.5 Å². The number of hydrogen-bond acceptors (Lipinski definition) is 4. The molecular weight excluding hydrogens is 199 g/mol. The van der Waals surface area contributed by atoms with E-state index < -0.39 is 0 Å². The van der Waals surface area contributed by atoms with E-state index in [-0.39, 0.29) is 0 Å². The van der Waals surface area contributed by atoms with E-state index in [4.69, 9.17) is 0 Å². The number of pyridine rings is 1. The van der Waals surface area contributed by atoms with Gasteiger partial charge in [0.1, 0.15) is 0 Å². The summed E-state index contributed by atoms with van der Waals surface area (Å²) in [5.41, 5.74) is 0. The van der Waals surface area contributed by atoms with Crippen LogP contribution in [0.5, 0.6) is 0 Å². The summed E-state index contributed by atoms with van der Waals surface area (Å²) in [4.78, 5) is 5.09. The number of nitrogens with zero attached hydrogens (tertiary/aromatic N) is 1. The number of nitrogens with one attached hydrogen (secondary N) is 1. The van der Waals surface area contributed by atoms with Crippen LogP contribution in [0.3, 0.4) is 0 Å². The molecule has 2 nitrogen and oxygen atoms in total. The summed E-state index contributed by atoms with van der Waals surface area (Å²) < 4.78 is 2.75. The summed E-state index contributed by atoms with van der Waals surface area (Å²) in [5, 5.41) is 2.11. The zero-order chi connectivity index (χ0) is 9.26. The molecule has 5 heteroatoms. The average molecular weight is 206 g/mol. The molecule has 0 fully saturated rings. The molecule has 2 aromatic heterocycles. The molecule has 0 saturated heterocycles. The van der Waals surface area contributed by atoms with E-state index in [2.05, 4.69) is 35.1 Å². The Morgan fingerprint density at radius 2 is 2.15 bits per heavy atom.